The van der Waals surface area contributed by atoms with Crippen LogP contribution in [-0.4, -0.2) is 11.0 Å². The molecule has 0 radical (unpaired) electrons. The summed E-state index contributed by atoms with van der Waals surface area (Å²) in [5.74, 6) is -0.166. The van der Waals surface area contributed by atoms with Crippen LogP contribution in [0.25, 0.3) is 0 Å². The van der Waals surface area contributed by atoms with Gasteiger partial charge in [-0.3, -0.25) is 9.69 Å². The van der Waals surface area contributed by atoms with Crippen molar-refractivity contribution in [3.8, 4) is 0 Å². The number of hydrogen-bond acceptors (Lipinski definition) is 2. The number of aliphatic hydroxyl groups is 1. The molecule has 2 aromatic carbocycles. The summed E-state index contributed by atoms with van der Waals surface area (Å²) < 4.78 is 0.935. The molecular weight excluding hydrogens is 294 g/mol. The third-order valence-electron chi connectivity index (χ3n) is 3.04. The Morgan fingerprint density at radius 2 is 1.72 bits per heavy atom. The molecule has 0 bridgehead atoms. The molecule has 0 saturated carbocycles. The van der Waals surface area contributed by atoms with Crippen LogP contribution in [0.3, 0.4) is 0 Å². The van der Waals surface area contributed by atoms with Crippen molar-refractivity contribution in [1.29, 1.82) is 0 Å². The molecule has 1 aliphatic rings. The van der Waals surface area contributed by atoms with Gasteiger partial charge in [0.25, 0.3) is 5.91 Å². The molecule has 4 heteroatoms. The van der Waals surface area contributed by atoms with Crippen molar-refractivity contribution in [3.05, 3.63) is 64.1 Å². The zero-order valence-corrected chi connectivity index (χ0v) is 11.0. The van der Waals surface area contributed by atoms with E-state index in [0.29, 0.717) is 16.8 Å². The van der Waals surface area contributed by atoms with Crippen molar-refractivity contribution in [1.82, 2.24) is 0 Å². The lowest BCUT2D eigenvalue weighted by atomic mass is 10.1. The smallest absolute Gasteiger partial charge is 0.261 e. The van der Waals surface area contributed by atoms with Gasteiger partial charge in [-0.1, -0.05) is 34.1 Å². The number of carbonyl (C=O) groups is 1. The Labute approximate surface area is 113 Å². The SMILES string of the molecule is O=C1c2ccccc2C(O)N1c1ccc(Br)cc1. The molecule has 1 aliphatic heterocycles. The molecule has 1 N–H and O–H groups in total. The summed E-state index contributed by atoms with van der Waals surface area (Å²) in [7, 11) is 0. The lowest BCUT2D eigenvalue weighted by molar-refractivity contribution is 0.0935. The minimum absolute atomic E-state index is 0.166. The fraction of sp³-hybridized carbons (Fsp3) is 0.0714. The normalized spacial score (nSPS) is 18.0. The molecular formula is C14H10BrNO2. The van der Waals surface area contributed by atoms with Crippen molar-refractivity contribution >= 4 is 27.5 Å². The van der Waals surface area contributed by atoms with E-state index in [0.717, 1.165) is 4.47 Å². The van der Waals surface area contributed by atoms with Crippen LogP contribution in [0, 0.1) is 0 Å². The quantitative estimate of drug-likeness (QED) is 0.879. The van der Waals surface area contributed by atoms with Gasteiger partial charge in [-0.15, -0.1) is 0 Å². The summed E-state index contributed by atoms with van der Waals surface area (Å²) >= 11 is 3.35. The molecule has 0 aliphatic carbocycles. The largest absolute Gasteiger partial charge is 0.369 e. The Balaban J connectivity index is 2.06. The number of carbonyl (C=O) groups excluding carboxylic acids is 1. The first-order valence-corrected chi connectivity index (χ1v) is 6.34. The van der Waals surface area contributed by atoms with Crippen molar-refractivity contribution in [2.75, 3.05) is 4.90 Å². The topological polar surface area (TPSA) is 40.5 Å². The van der Waals surface area contributed by atoms with Gasteiger partial charge in [-0.05, 0) is 30.3 Å². The predicted octanol–water partition coefficient (Wildman–Crippen LogP) is 3.10. The maximum Gasteiger partial charge on any atom is 0.261 e. The molecule has 2 aromatic rings. The van der Waals surface area contributed by atoms with E-state index in [1.807, 2.05) is 18.2 Å². The van der Waals surface area contributed by atoms with Gasteiger partial charge in [0.15, 0.2) is 6.23 Å². The number of aliphatic hydroxyl groups excluding tert-OH is 1. The van der Waals surface area contributed by atoms with Crippen LogP contribution in [0.1, 0.15) is 22.1 Å². The van der Waals surface area contributed by atoms with E-state index in [1.165, 1.54) is 4.90 Å². The predicted molar refractivity (Wildman–Crippen MR) is 72.4 cm³/mol. The van der Waals surface area contributed by atoms with E-state index in [9.17, 15) is 9.90 Å². The van der Waals surface area contributed by atoms with Gasteiger partial charge < -0.3 is 5.11 Å². The molecule has 1 atom stereocenters. The molecule has 1 amide bonds. The van der Waals surface area contributed by atoms with Crippen LogP contribution in [0.5, 0.6) is 0 Å². The van der Waals surface area contributed by atoms with Crippen LogP contribution in [0.15, 0.2) is 53.0 Å². The zero-order valence-electron chi connectivity index (χ0n) is 9.38. The van der Waals surface area contributed by atoms with Gasteiger partial charge in [0.05, 0.1) is 0 Å². The lowest BCUT2D eigenvalue weighted by Crippen LogP contribution is -2.27. The van der Waals surface area contributed by atoms with E-state index in [4.69, 9.17) is 0 Å². The molecule has 90 valence electrons. The molecule has 0 aromatic heterocycles. The molecule has 1 heterocycles. The molecule has 3 nitrogen and oxygen atoms in total. The summed E-state index contributed by atoms with van der Waals surface area (Å²) in [6.07, 6.45) is -0.908. The van der Waals surface area contributed by atoms with Gasteiger partial charge in [-0.25, -0.2) is 0 Å². The van der Waals surface area contributed by atoms with E-state index >= 15 is 0 Å². The number of benzene rings is 2. The van der Waals surface area contributed by atoms with Crippen LogP contribution < -0.4 is 4.90 Å². The summed E-state index contributed by atoms with van der Waals surface area (Å²) in [5.41, 5.74) is 1.91. The lowest BCUT2D eigenvalue weighted by Gasteiger charge is -2.20. The Morgan fingerprint density at radius 3 is 2.39 bits per heavy atom. The van der Waals surface area contributed by atoms with Crippen LogP contribution in [0.2, 0.25) is 0 Å². The van der Waals surface area contributed by atoms with Crippen molar-refractivity contribution in [2.24, 2.45) is 0 Å². The molecule has 0 spiro atoms. The van der Waals surface area contributed by atoms with Crippen molar-refractivity contribution < 1.29 is 9.90 Å². The molecule has 0 fully saturated rings. The third-order valence-corrected chi connectivity index (χ3v) is 3.57. The Bertz CT molecular complexity index is 609. The number of rotatable bonds is 1. The first kappa shape index (κ1) is 11.4. The fourth-order valence-electron chi connectivity index (χ4n) is 2.16. The van der Waals surface area contributed by atoms with E-state index in [1.54, 1.807) is 30.3 Å². The second kappa shape index (κ2) is 4.23. The summed E-state index contributed by atoms with van der Waals surface area (Å²) in [5, 5.41) is 10.2. The second-order valence-electron chi connectivity index (χ2n) is 4.11. The number of hydrogen-bond donors (Lipinski definition) is 1. The van der Waals surface area contributed by atoms with Gasteiger partial charge in [-0.2, -0.15) is 0 Å². The highest BCUT2D eigenvalue weighted by Crippen LogP contribution is 2.35. The Hall–Kier alpha value is -1.65. The van der Waals surface area contributed by atoms with Crippen LogP contribution >= 0.6 is 15.9 Å². The van der Waals surface area contributed by atoms with Crippen LogP contribution in [-0.2, 0) is 0 Å². The third kappa shape index (κ3) is 1.65. The zero-order chi connectivity index (χ0) is 12.7. The van der Waals surface area contributed by atoms with Gasteiger partial charge in [0.1, 0.15) is 0 Å². The first-order valence-electron chi connectivity index (χ1n) is 5.54. The number of nitrogens with zero attached hydrogens (tertiary/aromatic N) is 1. The number of anilines is 1. The highest BCUT2D eigenvalue weighted by atomic mass is 79.9. The molecule has 1 unspecified atom stereocenters. The highest BCUT2D eigenvalue weighted by Gasteiger charge is 2.35. The van der Waals surface area contributed by atoms with Gasteiger partial charge >= 0.3 is 0 Å². The van der Waals surface area contributed by atoms with Gasteiger partial charge in [0, 0.05) is 21.3 Å². The molecule has 18 heavy (non-hydrogen) atoms. The maximum atomic E-state index is 12.2. The van der Waals surface area contributed by atoms with E-state index < -0.39 is 6.23 Å². The number of amides is 1. The summed E-state index contributed by atoms with van der Waals surface area (Å²) in [6.45, 7) is 0. The standard InChI is InChI=1S/C14H10BrNO2/c15-9-5-7-10(8-6-9)16-13(17)11-3-1-2-4-12(11)14(16)18/h1-8,13,17H. The highest BCUT2D eigenvalue weighted by molar-refractivity contribution is 9.10. The van der Waals surface area contributed by atoms with Crippen molar-refractivity contribution in [3.63, 3.8) is 0 Å². The molecule has 0 saturated heterocycles. The van der Waals surface area contributed by atoms with E-state index in [2.05, 4.69) is 15.9 Å². The minimum atomic E-state index is -0.908. The van der Waals surface area contributed by atoms with Crippen LogP contribution in [0.4, 0.5) is 5.69 Å². The average Bonchev–Trinajstić information content (AvgIpc) is 2.64. The second-order valence-corrected chi connectivity index (χ2v) is 5.03. The maximum absolute atomic E-state index is 12.2. The Kier molecular flexibility index (Phi) is 2.69. The van der Waals surface area contributed by atoms with Gasteiger partial charge in [0.2, 0.25) is 0 Å². The first-order chi connectivity index (χ1) is 8.68. The fourth-order valence-corrected chi connectivity index (χ4v) is 2.42. The molecule has 3 rings (SSSR count). The van der Waals surface area contributed by atoms with E-state index in [-0.39, 0.29) is 5.91 Å². The van der Waals surface area contributed by atoms with Crippen molar-refractivity contribution in [2.45, 2.75) is 6.23 Å². The monoisotopic (exact) mass is 303 g/mol. The number of halogens is 1. The Morgan fingerprint density at radius 1 is 1.06 bits per heavy atom. The minimum Gasteiger partial charge on any atom is -0.369 e. The average molecular weight is 304 g/mol. The number of fused-ring (bicyclic) bond motifs is 1. The summed E-state index contributed by atoms with van der Waals surface area (Å²) in [6, 6.07) is 14.4. The summed E-state index contributed by atoms with van der Waals surface area (Å²) in [4.78, 5) is 13.6.